The van der Waals surface area contributed by atoms with E-state index < -0.39 is 10.0 Å². The monoisotopic (exact) mass is 435 g/mol. The summed E-state index contributed by atoms with van der Waals surface area (Å²) in [6.45, 7) is 0. The Bertz CT molecular complexity index is 1350. The summed E-state index contributed by atoms with van der Waals surface area (Å²) in [5, 5.41) is 5.18. The van der Waals surface area contributed by atoms with E-state index in [4.69, 9.17) is 19.6 Å². The molecule has 8 heteroatoms. The maximum absolute atomic E-state index is 11.5. The number of hydrogen-bond acceptors (Lipinski definition) is 6. The van der Waals surface area contributed by atoms with E-state index in [0.717, 1.165) is 27.7 Å². The fraction of sp³-hybridized carbons (Fsp3) is 0.130. The molecule has 1 heterocycles. The highest BCUT2D eigenvalue weighted by molar-refractivity contribution is 7.89. The number of methoxy groups -OCH3 is 2. The van der Waals surface area contributed by atoms with Crippen LogP contribution in [0.4, 0.5) is 0 Å². The molecule has 0 unspecified atom stereocenters. The predicted octanol–water partition coefficient (Wildman–Crippen LogP) is 3.55. The van der Waals surface area contributed by atoms with Crippen LogP contribution in [0.25, 0.3) is 22.3 Å². The largest absolute Gasteiger partial charge is 0.493 e. The predicted molar refractivity (Wildman–Crippen MR) is 119 cm³/mol. The van der Waals surface area contributed by atoms with Gasteiger partial charge in [0.2, 0.25) is 10.0 Å². The summed E-state index contributed by atoms with van der Waals surface area (Å²) in [6.07, 6.45) is 2.31. The Morgan fingerprint density at radius 3 is 2.35 bits per heavy atom. The van der Waals surface area contributed by atoms with E-state index in [9.17, 15) is 8.42 Å². The van der Waals surface area contributed by atoms with Crippen molar-refractivity contribution in [2.24, 2.45) is 5.14 Å². The second-order valence-electron chi connectivity index (χ2n) is 6.98. The fourth-order valence-corrected chi connectivity index (χ4v) is 3.90. The fourth-order valence-electron chi connectivity index (χ4n) is 3.39. The molecule has 0 spiro atoms. The maximum atomic E-state index is 11.5. The van der Waals surface area contributed by atoms with Gasteiger partial charge >= 0.3 is 0 Å². The Hall–Kier alpha value is -3.49. The van der Waals surface area contributed by atoms with Gasteiger partial charge in [0.1, 0.15) is 0 Å². The van der Waals surface area contributed by atoms with Crippen molar-refractivity contribution in [3.63, 3.8) is 0 Å². The average Bonchev–Trinajstić information content (AvgIpc) is 2.78. The molecule has 0 aliphatic heterocycles. The molecule has 0 aliphatic rings. The number of rotatable bonds is 6. The molecule has 1 aromatic heterocycles. The topological polar surface area (TPSA) is 104 Å². The first-order valence-electron chi connectivity index (χ1n) is 9.48. The van der Waals surface area contributed by atoms with Gasteiger partial charge in [-0.25, -0.2) is 18.5 Å². The number of sulfonamides is 1. The van der Waals surface area contributed by atoms with E-state index in [0.29, 0.717) is 23.6 Å². The van der Waals surface area contributed by atoms with Crippen LogP contribution in [0, 0.1) is 0 Å². The van der Waals surface area contributed by atoms with Gasteiger partial charge in [-0.1, -0.05) is 24.3 Å². The van der Waals surface area contributed by atoms with Gasteiger partial charge in [0, 0.05) is 5.56 Å². The molecule has 0 amide bonds. The van der Waals surface area contributed by atoms with Gasteiger partial charge in [0.15, 0.2) is 11.5 Å². The van der Waals surface area contributed by atoms with Crippen molar-refractivity contribution >= 4 is 21.1 Å². The Morgan fingerprint density at radius 1 is 0.935 bits per heavy atom. The third-order valence-corrected chi connectivity index (χ3v) is 5.91. The lowest BCUT2D eigenvalue weighted by Gasteiger charge is -2.11. The van der Waals surface area contributed by atoms with Crippen LogP contribution in [0.5, 0.6) is 11.5 Å². The van der Waals surface area contributed by atoms with Crippen molar-refractivity contribution in [1.82, 2.24) is 9.97 Å². The van der Waals surface area contributed by atoms with Crippen molar-refractivity contribution in [2.45, 2.75) is 11.3 Å². The van der Waals surface area contributed by atoms with Crippen molar-refractivity contribution in [1.29, 1.82) is 0 Å². The summed E-state index contributed by atoms with van der Waals surface area (Å²) in [6, 6.07) is 18.0. The van der Waals surface area contributed by atoms with Gasteiger partial charge < -0.3 is 9.47 Å². The van der Waals surface area contributed by atoms with Gasteiger partial charge in [-0.15, -0.1) is 0 Å². The molecule has 0 fully saturated rings. The van der Waals surface area contributed by atoms with Crippen LogP contribution in [0.15, 0.2) is 71.8 Å². The average molecular weight is 436 g/mol. The van der Waals surface area contributed by atoms with Gasteiger partial charge in [-0.2, -0.15) is 0 Å². The first-order valence-corrected chi connectivity index (χ1v) is 11.0. The Kier molecular flexibility index (Phi) is 5.58. The molecule has 0 saturated carbocycles. The number of aromatic nitrogens is 2. The van der Waals surface area contributed by atoms with Crippen LogP contribution >= 0.6 is 0 Å². The van der Waals surface area contributed by atoms with Crippen LogP contribution in [-0.2, 0) is 16.4 Å². The zero-order chi connectivity index (χ0) is 22.0. The molecule has 0 atom stereocenters. The molecule has 4 aromatic rings. The van der Waals surface area contributed by atoms with Crippen LogP contribution < -0.4 is 14.6 Å². The van der Waals surface area contributed by atoms with E-state index in [2.05, 4.69) is 4.98 Å². The molecule has 31 heavy (non-hydrogen) atoms. The standard InChI is InChI=1S/C23H21N3O4S/c1-29-21-11-8-16(13-22(21)30-2)20-14-25-19-5-3-4-17(23(19)26-20)12-15-6-9-18(10-7-15)31(24,27)28/h3-11,13-14H,12H2,1-2H3,(H2,24,27,28). The minimum absolute atomic E-state index is 0.0877. The molecular weight excluding hydrogens is 414 g/mol. The number of benzene rings is 3. The Labute approximate surface area is 180 Å². The first kappa shape index (κ1) is 20.8. The van der Waals surface area contributed by atoms with E-state index in [1.165, 1.54) is 12.1 Å². The summed E-state index contributed by atoms with van der Waals surface area (Å²) < 4.78 is 33.7. The normalized spacial score (nSPS) is 11.5. The maximum Gasteiger partial charge on any atom is 0.238 e. The van der Waals surface area contributed by atoms with Gasteiger partial charge in [-0.05, 0) is 53.9 Å². The van der Waals surface area contributed by atoms with Crippen molar-refractivity contribution in [3.05, 3.63) is 78.0 Å². The van der Waals surface area contributed by atoms with E-state index in [1.54, 1.807) is 32.5 Å². The third kappa shape index (κ3) is 4.35. The van der Waals surface area contributed by atoms with Crippen LogP contribution in [-0.4, -0.2) is 32.6 Å². The van der Waals surface area contributed by atoms with Gasteiger partial charge in [0.05, 0.1) is 42.0 Å². The van der Waals surface area contributed by atoms with Crippen LogP contribution in [0.2, 0.25) is 0 Å². The lowest BCUT2D eigenvalue weighted by atomic mass is 10.0. The molecule has 4 rings (SSSR count). The molecular formula is C23H21N3O4S. The van der Waals surface area contributed by atoms with Crippen molar-refractivity contribution < 1.29 is 17.9 Å². The zero-order valence-corrected chi connectivity index (χ0v) is 17.9. The number of ether oxygens (including phenoxy) is 2. The lowest BCUT2D eigenvalue weighted by Crippen LogP contribution is -2.11. The lowest BCUT2D eigenvalue weighted by molar-refractivity contribution is 0.355. The first-order chi connectivity index (χ1) is 14.9. The Balaban J connectivity index is 1.73. The summed E-state index contributed by atoms with van der Waals surface area (Å²) in [5.41, 5.74) is 5.06. The second kappa shape index (κ2) is 8.33. The molecule has 158 valence electrons. The molecule has 0 saturated heterocycles. The molecule has 7 nitrogen and oxygen atoms in total. The van der Waals surface area contributed by atoms with Crippen LogP contribution in [0.3, 0.4) is 0 Å². The molecule has 0 radical (unpaired) electrons. The molecule has 3 aromatic carbocycles. The molecule has 2 N–H and O–H groups in total. The summed E-state index contributed by atoms with van der Waals surface area (Å²) in [5.74, 6) is 1.26. The van der Waals surface area contributed by atoms with Gasteiger partial charge in [-0.3, -0.25) is 4.98 Å². The van der Waals surface area contributed by atoms with E-state index >= 15 is 0 Å². The van der Waals surface area contributed by atoms with Crippen molar-refractivity contribution in [3.8, 4) is 22.8 Å². The highest BCUT2D eigenvalue weighted by atomic mass is 32.2. The van der Waals surface area contributed by atoms with E-state index in [1.807, 2.05) is 36.4 Å². The van der Waals surface area contributed by atoms with Crippen molar-refractivity contribution in [2.75, 3.05) is 14.2 Å². The van der Waals surface area contributed by atoms with Gasteiger partial charge in [0.25, 0.3) is 0 Å². The second-order valence-corrected chi connectivity index (χ2v) is 8.54. The SMILES string of the molecule is COc1ccc(-c2cnc3cccc(Cc4ccc(S(N)(=O)=O)cc4)c3n2)cc1OC. The minimum Gasteiger partial charge on any atom is -0.493 e. The molecule has 0 aliphatic carbocycles. The van der Waals surface area contributed by atoms with E-state index in [-0.39, 0.29) is 4.90 Å². The summed E-state index contributed by atoms with van der Waals surface area (Å²) in [7, 11) is -0.533. The number of primary sulfonamides is 1. The number of para-hydroxylation sites is 1. The summed E-state index contributed by atoms with van der Waals surface area (Å²) in [4.78, 5) is 9.52. The number of nitrogens with zero attached hydrogens (tertiary/aromatic N) is 2. The number of fused-ring (bicyclic) bond motifs is 1. The Morgan fingerprint density at radius 2 is 1.68 bits per heavy atom. The zero-order valence-electron chi connectivity index (χ0n) is 17.1. The minimum atomic E-state index is -3.72. The van der Waals surface area contributed by atoms with Crippen LogP contribution in [0.1, 0.15) is 11.1 Å². The summed E-state index contributed by atoms with van der Waals surface area (Å²) >= 11 is 0. The quantitative estimate of drug-likeness (QED) is 0.497. The highest BCUT2D eigenvalue weighted by Gasteiger charge is 2.12. The third-order valence-electron chi connectivity index (χ3n) is 4.98. The molecule has 0 bridgehead atoms. The highest BCUT2D eigenvalue weighted by Crippen LogP contribution is 2.32. The number of nitrogens with two attached hydrogens (primary N) is 1. The smallest absolute Gasteiger partial charge is 0.238 e. The number of hydrogen-bond donors (Lipinski definition) is 1.